The van der Waals surface area contributed by atoms with Crippen LogP contribution >= 0.6 is 0 Å². The summed E-state index contributed by atoms with van der Waals surface area (Å²) in [6.07, 6.45) is 4.33. The Morgan fingerprint density at radius 2 is 2.00 bits per heavy atom. The Hall–Kier alpha value is -1.98. The molecule has 1 saturated carbocycles. The van der Waals surface area contributed by atoms with Crippen molar-refractivity contribution in [1.82, 2.24) is 5.32 Å². The van der Waals surface area contributed by atoms with E-state index in [4.69, 9.17) is 4.74 Å². The van der Waals surface area contributed by atoms with Crippen molar-refractivity contribution < 1.29 is 23.9 Å². The summed E-state index contributed by atoms with van der Waals surface area (Å²) in [5.41, 5.74) is 0.547. The average molecular weight is 363 g/mol. The van der Waals surface area contributed by atoms with Crippen molar-refractivity contribution in [3.05, 3.63) is 11.6 Å². The van der Waals surface area contributed by atoms with E-state index in [1.165, 1.54) is 14.0 Å². The number of amides is 1. The van der Waals surface area contributed by atoms with Crippen LogP contribution in [0, 0.1) is 23.2 Å². The molecule has 6 heteroatoms. The molecular weight excluding hydrogens is 334 g/mol. The zero-order chi connectivity index (χ0) is 19.5. The number of allylic oxidation sites excluding steroid dienone is 2. The van der Waals surface area contributed by atoms with Crippen LogP contribution in [0.4, 0.5) is 0 Å². The lowest BCUT2D eigenvalue weighted by Gasteiger charge is -2.36. The summed E-state index contributed by atoms with van der Waals surface area (Å²) in [6, 6.07) is 0. The first-order valence-corrected chi connectivity index (χ1v) is 9.26. The first-order chi connectivity index (χ1) is 12.2. The number of fused-ring (bicyclic) bond motifs is 1. The number of rotatable bonds is 7. The highest BCUT2D eigenvalue weighted by Gasteiger charge is 2.51. The molecule has 26 heavy (non-hydrogen) atoms. The number of hydrogen-bond acceptors (Lipinski definition) is 5. The molecule has 1 amide bonds. The molecule has 0 aliphatic heterocycles. The van der Waals surface area contributed by atoms with Gasteiger partial charge in [-0.2, -0.15) is 0 Å². The van der Waals surface area contributed by atoms with E-state index in [9.17, 15) is 19.2 Å². The predicted molar refractivity (Wildman–Crippen MR) is 96.1 cm³/mol. The Morgan fingerprint density at radius 1 is 1.31 bits per heavy atom. The van der Waals surface area contributed by atoms with E-state index in [0.717, 1.165) is 12.0 Å². The summed E-state index contributed by atoms with van der Waals surface area (Å²) >= 11 is 0. The second-order valence-corrected chi connectivity index (χ2v) is 8.09. The van der Waals surface area contributed by atoms with Crippen LogP contribution < -0.4 is 5.32 Å². The van der Waals surface area contributed by atoms with Gasteiger partial charge in [-0.1, -0.05) is 25.8 Å². The van der Waals surface area contributed by atoms with Gasteiger partial charge in [-0.25, -0.2) is 0 Å². The Morgan fingerprint density at radius 3 is 2.62 bits per heavy atom. The number of methoxy groups -OCH3 is 1. The maximum absolute atomic E-state index is 12.8. The van der Waals surface area contributed by atoms with Gasteiger partial charge in [-0.05, 0) is 30.3 Å². The molecule has 0 aromatic carbocycles. The lowest BCUT2D eigenvalue weighted by molar-refractivity contribution is -0.149. The molecule has 0 bridgehead atoms. The molecule has 0 aromatic rings. The van der Waals surface area contributed by atoms with Crippen molar-refractivity contribution in [2.24, 2.45) is 23.2 Å². The normalized spacial score (nSPS) is 25.3. The van der Waals surface area contributed by atoms with Gasteiger partial charge in [0.2, 0.25) is 5.91 Å². The summed E-state index contributed by atoms with van der Waals surface area (Å²) in [4.78, 5) is 48.2. The van der Waals surface area contributed by atoms with Crippen molar-refractivity contribution in [3.63, 3.8) is 0 Å². The minimum Gasteiger partial charge on any atom is -0.469 e. The molecule has 0 aromatic heterocycles. The highest BCUT2D eigenvalue weighted by molar-refractivity contribution is 5.98. The van der Waals surface area contributed by atoms with E-state index >= 15 is 0 Å². The number of hydrogen-bond donors (Lipinski definition) is 1. The monoisotopic (exact) mass is 363 g/mol. The number of nitrogens with one attached hydrogen (secondary N) is 1. The first-order valence-electron chi connectivity index (χ1n) is 9.26. The van der Waals surface area contributed by atoms with Crippen molar-refractivity contribution in [2.75, 3.05) is 13.7 Å². The topological polar surface area (TPSA) is 89.5 Å². The third-order valence-electron chi connectivity index (χ3n) is 5.64. The van der Waals surface area contributed by atoms with Gasteiger partial charge in [0.15, 0.2) is 5.78 Å². The fraction of sp³-hybridized carbons (Fsp3) is 0.700. The number of carbonyl (C=O) groups is 4. The maximum Gasteiger partial charge on any atom is 0.309 e. The Balaban J connectivity index is 2.16. The van der Waals surface area contributed by atoms with Crippen molar-refractivity contribution >= 4 is 23.4 Å². The third-order valence-corrected chi connectivity index (χ3v) is 5.64. The molecule has 2 aliphatic carbocycles. The molecule has 144 valence electrons. The molecule has 2 rings (SSSR count). The summed E-state index contributed by atoms with van der Waals surface area (Å²) in [5.74, 6) is -1.54. The SMILES string of the molecule is COC(=O)[C@H](CCCCNC(C)=O)C1C(=O)CC2C1=CC(=O)CC2(C)C. The maximum atomic E-state index is 12.8. The quantitative estimate of drug-likeness (QED) is 0.553. The Labute approximate surface area is 154 Å². The molecule has 1 fully saturated rings. The van der Waals surface area contributed by atoms with Crippen LogP contribution in [0.1, 0.15) is 52.9 Å². The number of Topliss-reactive ketones (excluding diaryl/α,β-unsaturated/α-hetero) is 1. The highest BCUT2D eigenvalue weighted by atomic mass is 16.5. The molecule has 3 atom stereocenters. The summed E-state index contributed by atoms with van der Waals surface area (Å²) < 4.78 is 4.95. The second-order valence-electron chi connectivity index (χ2n) is 8.09. The molecule has 6 nitrogen and oxygen atoms in total. The van der Waals surface area contributed by atoms with Gasteiger partial charge >= 0.3 is 5.97 Å². The Bertz CT molecular complexity index is 634. The lowest BCUT2D eigenvalue weighted by atomic mass is 9.67. The van der Waals surface area contributed by atoms with Crippen molar-refractivity contribution in [2.45, 2.75) is 52.9 Å². The highest BCUT2D eigenvalue weighted by Crippen LogP contribution is 2.51. The summed E-state index contributed by atoms with van der Waals surface area (Å²) in [6.45, 7) is 6.03. The van der Waals surface area contributed by atoms with Crippen LogP contribution in [0.15, 0.2) is 11.6 Å². The van der Waals surface area contributed by atoms with Crippen LogP contribution in [0.3, 0.4) is 0 Å². The molecule has 0 saturated heterocycles. The number of ketones is 2. The summed E-state index contributed by atoms with van der Waals surface area (Å²) in [5, 5.41) is 2.72. The van der Waals surface area contributed by atoms with Gasteiger partial charge in [-0.3, -0.25) is 19.2 Å². The van der Waals surface area contributed by atoms with Crippen LogP contribution in [0.2, 0.25) is 0 Å². The second kappa shape index (κ2) is 8.14. The lowest BCUT2D eigenvalue weighted by Crippen LogP contribution is -2.34. The molecule has 1 N–H and O–H groups in total. The molecule has 2 unspecified atom stereocenters. The molecule has 2 aliphatic rings. The van der Waals surface area contributed by atoms with Crippen LogP contribution in [0.25, 0.3) is 0 Å². The van der Waals surface area contributed by atoms with Gasteiger partial charge in [0.25, 0.3) is 0 Å². The van der Waals surface area contributed by atoms with E-state index in [0.29, 0.717) is 32.2 Å². The standard InChI is InChI=1S/C20H29NO5/c1-12(22)21-8-6-5-7-14(19(25)26-4)18-15-9-13(23)11-20(2,3)16(15)10-17(18)24/h9,14,16,18H,5-8,10-11H2,1-4H3,(H,21,22)/t14-,16?,18?/m1/s1. The minimum absolute atomic E-state index is 0.0178. The summed E-state index contributed by atoms with van der Waals surface area (Å²) in [7, 11) is 1.33. The molecule has 0 radical (unpaired) electrons. The van der Waals surface area contributed by atoms with Gasteiger partial charge < -0.3 is 10.1 Å². The van der Waals surface area contributed by atoms with E-state index in [2.05, 4.69) is 5.32 Å². The van der Waals surface area contributed by atoms with Crippen LogP contribution in [-0.4, -0.2) is 37.1 Å². The molecule has 0 spiro atoms. The smallest absolute Gasteiger partial charge is 0.309 e. The minimum atomic E-state index is -0.567. The largest absolute Gasteiger partial charge is 0.469 e. The fourth-order valence-corrected chi connectivity index (χ4v) is 4.36. The van der Waals surface area contributed by atoms with E-state index in [1.807, 2.05) is 13.8 Å². The van der Waals surface area contributed by atoms with E-state index in [-0.39, 0.29) is 28.8 Å². The van der Waals surface area contributed by atoms with Gasteiger partial charge in [0.1, 0.15) is 5.78 Å². The third kappa shape index (κ3) is 4.40. The molecular formula is C20H29NO5. The van der Waals surface area contributed by atoms with E-state index in [1.54, 1.807) is 6.08 Å². The van der Waals surface area contributed by atoms with Crippen LogP contribution in [0.5, 0.6) is 0 Å². The van der Waals surface area contributed by atoms with Gasteiger partial charge in [0.05, 0.1) is 18.9 Å². The number of esters is 1. The van der Waals surface area contributed by atoms with Gasteiger partial charge in [-0.15, -0.1) is 0 Å². The number of ether oxygens (including phenoxy) is 1. The van der Waals surface area contributed by atoms with Crippen molar-refractivity contribution in [1.29, 1.82) is 0 Å². The van der Waals surface area contributed by atoms with E-state index < -0.39 is 17.8 Å². The fourth-order valence-electron chi connectivity index (χ4n) is 4.36. The number of carbonyl (C=O) groups excluding carboxylic acids is 4. The van der Waals surface area contributed by atoms with Gasteiger partial charge in [0, 0.05) is 26.3 Å². The number of unbranched alkanes of at least 4 members (excludes halogenated alkanes) is 1. The average Bonchev–Trinajstić information content (AvgIpc) is 2.86. The zero-order valence-electron chi connectivity index (χ0n) is 16.1. The van der Waals surface area contributed by atoms with Crippen LogP contribution in [-0.2, 0) is 23.9 Å². The first kappa shape index (κ1) is 20.3. The molecule has 0 heterocycles. The predicted octanol–water partition coefficient (Wildman–Crippen LogP) is 2.21. The zero-order valence-corrected chi connectivity index (χ0v) is 16.1. The Kier molecular flexibility index (Phi) is 6.37. The van der Waals surface area contributed by atoms with Crippen molar-refractivity contribution in [3.8, 4) is 0 Å².